The minimum absolute atomic E-state index is 0.0992. The van der Waals surface area contributed by atoms with Crippen molar-refractivity contribution >= 4 is 38.2 Å². The molecule has 0 aliphatic carbocycles. The molecule has 2 heterocycles. The number of benzene rings is 2. The van der Waals surface area contributed by atoms with E-state index in [2.05, 4.69) is 5.32 Å². The number of carbonyl (C=O) groups excluding carboxylic acids is 1. The van der Waals surface area contributed by atoms with Crippen LogP contribution in [0.5, 0.6) is 0 Å². The summed E-state index contributed by atoms with van der Waals surface area (Å²) in [6, 6.07) is 15.0. The summed E-state index contributed by atoms with van der Waals surface area (Å²) >= 11 is 0. The van der Waals surface area contributed by atoms with Crippen molar-refractivity contribution in [1.29, 1.82) is 0 Å². The summed E-state index contributed by atoms with van der Waals surface area (Å²) in [5.74, 6) is -0.226. The van der Waals surface area contributed by atoms with Crippen molar-refractivity contribution in [2.75, 3.05) is 21.9 Å². The van der Waals surface area contributed by atoms with Crippen molar-refractivity contribution in [3.8, 4) is 0 Å². The van der Waals surface area contributed by atoms with E-state index >= 15 is 0 Å². The Bertz CT molecular complexity index is 1130. The first-order chi connectivity index (χ1) is 13.4. The van der Waals surface area contributed by atoms with Gasteiger partial charge in [0.1, 0.15) is 0 Å². The molecule has 1 fully saturated rings. The SMILES string of the molecule is CC(C(=O)Nc1ccc(N2CCCS2(=O)=O)cc1)c1cn(C)c2ccccc12. The standard InChI is InChI=1S/C21H23N3O3S/c1-15(19-14-23(2)20-7-4-3-6-18(19)20)21(25)22-16-8-10-17(11-9-16)24-12-5-13-28(24,26)27/h3-4,6-11,14-15H,5,12-13H2,1-2H3,(H,22,25). The van der Waals surface area contributed by atoms with Crippen LogP contribution in [0.1, 0.15) is 24.8 Å². The van der Waals surface area contributed by atoms with Gasteiger partial charge in [-0.1, -0.05) is 18.2 Å². The number of aromatic nitrogens is 1. The second-order valence-electron chi connectivity index (χ2n) is 7.21. The lowest BCUT2D eigenvalue weighted by atomic mass is 9.99. The zero-order valence-corrected chi connectivity index (χ0v) is 16.7. The highest BCUT2D eigenvalue weighted by Crippen LogP contribution is 2.29. The fraction of sp³-hybridized carbons (Fsp3) is 0.286. The number of sulfonamides is 1. The predicted molar refractivity (Wildman–Crippen MR) is 112 cm³/mol. The van der Waals surface area contributed by atoms with E-state index in [1.54, 1.807) is 24.3 Å². The molecule has 6 nitrogen and oxygen atoms in total. The lowest BCUT2D eigenvalue weighted by Crippen LogP contribution is -2.25. The van der Waals surface area contributed by atoms with Gasteiger partial charge in [-0.25, -0.2) is 8.42 Å². The van der Waals surface area contributed by atoms with Crippen LogP contribution in [0, 0.1) is 0 Å². The molecule has 1 atom stereocenters. The van der Waals surface area contributed by atoms with Gasteiger partial charge in [0.2, 0.25) is 15.9 Å². The zero-order valence-electron chi connectivity index (χ0n) is 15.9. The fourth-order valence-electron chi connectivity index (χ4n) is 3.75. The number of anilines is 2. The Hall–Kier alpha value is -2.80. The van der Waals surface area contributed by atoms with Gasteiger partial charge >= 0.3 is 0 Å². The van der Waals surface area contributed by atoms with Crippen molar-refractivity contribution in [2.45, 2.75) is 19.3 Å². The number of aryl methyl sites for hydroxylation is 1. The highest BCUT2D eigenvalue weighted by Gasteiger charge is 2.28. The Morgan fingerprint density at radius 2 is 1.82 bits per heavy atom. The Morgan fingerprint density at radius 1 is 1.11 bits per heavy atom. The van der Waals surface area contributed by atoms with E-state index in [-0.39, 0.29) is 17.6 Å². The van der Waals surface area contributed by atoms with Crippen LogP contribution >= 0.6 is 0 Å². The number of amides is 1. The average molecular weight is 398 g/mol. The lowest BCUT2D eigenvalue weighted by Gasteiger charge is -2.17. The number of para-hydroxylation sites is 1. The molecule has 1 saturated heterocycles. The number of hydrogen-bond donors (Lipinski definition) is 1. The minimum atomic E-state index is -3.20. The average Bonchev–Trinajstić information content (AvgIpc) is 3.21. The second kappa shape index (κ2) is 6.98. The minimum Gasteiger partial charge on any atom is -0.350 e. The van der Waals surface area contributed by atoms with Crippen molar-refractivity contribution in [3.05, 3.63) is 60.3 Å². The molecule has 4 rings (SSSR count). The zero-order chi connectivity index (χ0) is 19.9. The number of hydrogen-bond acceptors (Lipinski definition) is 3. The molecule has 28 heavy (non-hydrogen) atoms. The van der Waals surface area contributed by atoms with Crippen LogP contribution in [-0.2, 0) is 21.9 Å². The monoisotopic (exact) mass is 397 g/mol. The van der Waals surface area contributed by atoms with Crippen molar-refractivity contribution in [1.82, 2.24) is 4.57 Å². The molecule has 1 aromatic heterocycles. The van der Waals surface area contributed by atoms with Gasteiger partial charge in [0.05, 0.1) is 17.4 Å². The number of nitrogens with zero attached hydrogens (tertiary/aromatic N) is 2. The molecule has 1 amide bonds. The summed E-state index contributed by atoms with van der Waals surface area (Å²) < 4.78 is 27.5. The van der Waals surface area contributed by atoms with Gasteiger partial charge < -0.3 is 9.88 Å². The van der Waals surface area contributed by atoms with Crippen LogP contribution < -0.4 is 9.62 Å². The van der Waals surface area contributed by atoms with Crippen LogP contribution in [0.15, 0.2) is 54.7 Å². The molecule has 1 aliphatic heterocycles. The van der Waals surface area contributed by atoms with Crippen LogP contribution in [0.25, 0.3) is 10.9 Å². The largest absolute Gasteiger partial charge is 0.350 e. The molecule has 1 unspecified atom stereocenters. The summed E-state index contributed by atoms with van der Waals surface area (Å²) in [5, 5.41) is 4.01. The Kier molecular flexibility index (Phi) is 4.63. The summed E-state index contributed by atoms with van der Waals surface area (Å²) in [7, 11) is -1.23. The molecular weight excluding hydrogens is 374 g/mol. The molecule has 0 radical (unpaired) electrons. The number of nitrogens with one attached hydrogen (secondary N) is 1. The summed E-state index contributed by atoms with van der Waals surface area (Å²) in [6.07, 6.45) is 2.64. The molecule has 7 heteroatoms. The second-order valence-corrected chi connectivity index (χ2v) is 9.22. The van der Waals surface area contributed by atoms with E-state index in [1.165, 1.54) is 4.31 Å². The molecule has 3 aromatic rings. The van der Waals surface area contributed by atoms with E-state index in [0.717, 1.165) is 16.5 Å². The Balaban J connectivity index is 1.52. The summed E-state index contributed by atoms with van der Waals surface area (Å²) in [6.45, 7) is 2.40. The highest BCUT2D eigenvalue weighted by atomic mass is 32.2. The molecule has 2 aromatic carbocycles. The van der Waals surface area contributed by atoms with Crippen molar-refractivity contribution in [3.63, 3.8) is 0 Å². The third kappa shape index (κ3) is 3.26. The van der Waals surface area contributed by atoms with Gasteiger partial charge in [-0.2, -0.15) is 0 Å². The van der Waals surface area contributed by atoms with E-state index < -0.39 is 10.0 Å². The smallest absolute Gasteiger partial charge is 0.235 e. The van der Waals surface area contributed by atoms with Gasteiger partial charge in [-0.15, -0.1) is 0 Å². The summed E-state index contributed by atoms with van der Waals surface area (Å²) in [4.78, 5) is 12.8. The van der Waals surface area contributed by atoms with Gasteiger partial charge in [0, 0.05) is 36.4 Å². The highest BCUT2D eigenvalue weighted by molar-refractivity contribution is 7.93. The first kappa shape index (κ1) is 18.6. The summed E-state index contributed by atoms with van der Waals surface area (Å²) in [5.41, 5.74) is 3.36. The number of rotatable bonds is 4. The predicted octanol–water partition coefficient (Wildman–Crippen LogP) is 3.46. The third-order valence-electron chi connectivity index (χ3n) is 5.31. The third-order valence-corrected chi connectivity index (χ3v) is 7.18. The maximum absolute atomic E-state index is 12.8. The molecular formula is C21H23N3O3S. The van der Waals surface area contributed by atoms with Gasteiger partial charge in [0.15, 0.2) is 0 Å². The Labute approximate surface area is 164 Å². The van der Waals surface area contributed by atoms with Gasteiger partial charge in [-0.05, 0) is 49.2 Å². The normalized spacial score (nSPS) is 17.0. The molecule has 146 valence electrons. The molecule has 0 spiro atoms. The molecule has 0 bridgehead atoms. The van der Waals surface area contributed by atoms with E-state index in [9.17, 15) is 13.2 Å². The first-order valence-electron chi connectivity index (χ1n) is 9.32. The van der Waals surface area contributed by atoms with Gasteiger partial charge in [0.25, 0.3) is 0 Å². The van der Waals surface area contributed by atoms with Crippen molar-refractivity contribution in [2.24, 2.45) is 7.05 Å². The quantitative estimate of drug-likeness (QED) is 0.733. The fourth-order valence-corrected chi connectivity index (χ4v) is 5.31. The van der Waals surface area contributed by atoms with Crippen LogP contribution in [0.4, 0.5) is 11.4 Å². The Morgan fingerprint density at radius 3 is 2.50 bits per heavy atom. The van der Waals surface area contributed by atoms with E-state index in [0.29, 0.717) is 24.3 Å². The maximum Gasteiger partial charge on any atom is 0.235 e. The lowest BCUT2D eigenvalue weighted by molar-refractivity contribution is -0.117. The maximum atomic E-state index is 12.8. The van der Waals surface area contributed by atoms with Crippen LogP contribution in [0.2, 0.25) is 0 Å². The van der Waals surface area contributed by atoms with Crippen LogP contribution in [-0.4, -0.2) is 31.2 Å². The van der Waals surface area contributed by atoms with Crippen LogP contribution in [0.3, 0.4) is 0 Å². The van der Waals surface area contributed by atoms with Crippen molar-refractivity contribution < 1.29 is 13.2 Å². The number of fused-ring (bicyclic) bond motifs is 1. The van der Waals surface area contributed by atoms with E-state index in [1.807, 2.05) is 49.0 Å². The topological polar surface area (TPSA) is 71.4 Å². The molecule has 1 N–H and O–H groups in total. The first-order valence-corrected chi connectivity index (χ1v) is 10.9. The van der Waals surface area contributed by atoms with Gasteiger partial charge in [-0.3, -0.25) is 9.10 Å². The molecule has 0 saturated carbocycles. The van der Waals surface area contributed by atoms with E-state index in [4.69, 9.17) is 0 Å². The molecule has 1 aliphatic rings. The number of carbonyl (C=O) groups is 1.